The molecule has 1 aliphatic carbocycles. The van der Waals surface area contributed by atoms with E-state index in [1.807, 2.05) is 12.1 Å². The van der Waals surface area contributed by atoms with E-state index in [2.05, 4.69) is 26.0 Å². The van der Waals surface area contributed by atoms with Crippen molar-refractivity contribution >= 4 is 0 Å². The van der Waals surface area contributed by atoms with Gasteiger partial charge >= 0.3 is 0 Å². The van der Waals surface area contributed by atoms with Crippen molar-refractivity contribution in [2.24, 2.45) is 11.7 Å². The average Bonchev–Trinajstić information content (AvgIpc) is 2.36. The van der Waals surface area contributed by atoms with Gasteiger partial charge in [0.1, 0.15) is 11.9 Å². The van der Waals surface area contributed by atoms with Gasteiger partial charge in [0.15, 0.2) is 0 Å². The zero-order valence-electron chi connectivity index (χ0n) is 11.6. The van der Waals surface area contributed by atoms with E-state index in [4.69, 9.17) is 10.5 Å². The lowest BCUT2D eigenvalue weighted by Gasteiger charge is -2.34. The first-order valence-corrected chi connectivity index (χ1v) is 7.18. The van der Waals surface area contributed by atoms with Crippen molar-refractivity contribution in [2.45, 2.75) is 58.1 Å². The van der Waals surface area contributed by atoms with Gasteiger partial charge in [0.2, 0.25) is 0 Å². The standard InChI is InChI=1S/C16H25NO/c1-3-4-13-7-10-15(17)16(11-13)18-14-8-5-12(2)6-9-14/h5-6,8-9,13,15-16H,3-4,7,10-11,17H2,1-2H3. The lowest BCUT2D eigenvalue weighted by molar-refractivity contribution is 0.0993. The maximum Gasteiger partial charge on any atom is 0.119 e. The molecule has 0 spiro atoms. The molecule has 1 fully saturated rings. The van der Waals surface area contributed by atoms with Gasteiger partial charge in [-0.15, -0.1) is 0 Å². The lowest BCUT2D eigenvalue weighted by Crippen LogP contribution is -2.43. The number of rotatable bonds is 4. The Morgan fingerprint density at radius 1 is 1.22 bits per heavy atom. The van der Waals surface area contributed by atoms with Crippen LogP contribution in [0.4, 0.5) is 0 Å². The molecule has 1 saturated carbocycles. The molecule has 0 amide bonds. The fourth-order valence-electron chi connectivity index (χ4n) is 2.83. The third-order valence-corrected chi connectivity index (χ3v) is 3.96. The highest BCUT2D eigenvalue weighted by Crippen LogP contribution is 2.30. The molecule has 1 aliphatic rings. The highest BCUT2D eigenvalue weighted by Gasteiger charge is 2.29. The first-order chi connectivity index (χ1) is 8.69. The molecule has 0 bridgehead atoms. The summed E-state index contributed by atoms with van der Waals surface area (Å²) >= 11 is 0. The lowest BCUT2D eigenvalue weighted by atomic mass is 9.82. The zero-order valence-corrected chi connectivity index (χ0v) is 11.6. The van der Waals surface area contributed by atoms with Crippen LogP contribution in [0, 0.1) is 12.8 Å². The highest BCUT2D eigenvalue weighted by molar-refractivity contribution is 5.26. The van der Waals surface area contributed by atoms with E-state index < -0.39 is 0 Å². The topological polar surface area (TPSA) is 35.2 Å². The molecular weight excluding hydrogens is 222 g/mol. The Balaban J connectivity index is 1.95. The van der Waals surface area contributed by atoms with Crippen LogP contribution in [0.5, 0.6) is 5.75 Å². The molecule has 1 aromatic carbocycles. The molecule has 2 nitrogen and oxygen atoms in total. The second-order valence-corrected chi connectivity index (χ2v) is 5.60. The van der Waals surface area contributed by atoms with Crippen LogP contribution in [0.1, 0.15) is 44.6 Å². The summed E-state index contributed by atoms with van der Waals surface area (Å²) in [6.45, 7) is 4.35. The van der Waals surface area contributed by atoms with Gasteiger partial charge in [-0.1, -0.05) is 37.5 Å². The summed E-state index contributed by atoms with van der Waals surface area (Å²) in [4.78, 5) is 0. The molecule has 2 N–H and O–H groups in total. The van der Waals surface area contributed by atoms with Crippen molar-refractivity contribution in [1.29, 1.82) is 0 Å². The smallest absolute Gasteiger partial charge is 0.119 e. The van der Waals surface area contributed by atoms with Crippen LogP contribution < -0.4 is 10.5 Å². The molecular formula is C16H25NO. The highest BCUT2D eigenvalue weighted by atomic mass is 16.5. The first kappa shape index (κ1) is 13.4. The van der Waals surface area contributed by atoms with Gasteiger partial charge in [0.25, 0.3) is 0 Å². The Bertz CT molecular complexity index is 360. The van der Waals surface area contributed by atoms with Crippen LogP contribution in [0.2, 0.25) is 0 Å². The fourth-order valence-corrected chi connectivity index (χ4v) is 2.83. The summed E-state index contributed by atoms with van der Waals surface area (Å²) in [6.07, 6.45) is 6.24. The van der Waals surface area contributed by atoms with Crippen LogP contribution in [0.25, 0.3) is 0 Å². The summed E-state index contributed by atoms with van der Waals surface area (Å²) in [5.74, 6) is 1.75. The van der Waals surface area contributed by atoms with Gasteiger partial charge in [0, 0.05) is 6.04 Å². The Kier molecular flexibility index (Phi) is 4.65. The zero-order chi connectivity index (χ0) is 13.0. The molecule has 2 rings (SSSR count). The minimum Gasteiger partial charge on any atom is -0.489 e. The first-order valence-electron chi connectivity index (χ1n) is 7.18. The normalized spacial score (nSPS) is 28.1. The molecule has 18 heavy (non-hydrogen) atoms. The van der Waals surface area contributed by atoms with Crippen molar-refractivity contribution in [3.8, 4) is 5.75 Å². The molecule has 1 aromatic rings. The van der Waals surface area contributed by atoms with E-state index in [1.165, 1.54) is 24.8 Å². The van der Waals surface area contributed by atoms with Crippen LogP contribution >= 0.6 is 0 Å². The van der Waals surface area contributed by atoms with Crippen molar-refractivity contribution in [3.05, 3.63) is 29.8 Å². The molecule has 0 heterocycles. The Labute approximate surface area is 111 Å². The predicted molar refractivity (Wildman–Crippen MR) is 75.8 cm³/mol. The minimum absolute atomic E-state index is 0.193. The Hall–Kier alpha value is -1.02. The second-order valence-electron chi connectivity index (χ2n) is 5.60. The monoisotopic (exact) mass is 247 g/mol. The Morgan fingerprint density at radius 2 is 1.94 bits per heavy atom. The van der Waals surface area contributed by atoms with Crippen molar-refractivity contribution in [3.63, 3.8) is 0 Å². The molecule has 2 heteroatoms. The quantitative estimate of drug-likeness (QED) is 0.881. The van der Waals surface area contributed by atoms with Crippen LogP contribution in [-0.2, 0) is 0 Å². The Morgan fingerprint density at radius 3 is 2.61 bits per heavy atom. The molecule has 0 aromatic heterocycles. The maximum atomic E-state index is 6.19. The van der Waals surface area contributed by atoms with Crippen molar-refractivity contribution < 1.29 is 4.74 Å². The van der Waals surface area contributed by atoms with E-state index in [-0.39, 0.29) is 12.1 Å². The van der Waals surface area contributed by atoms with Crippen LogP contribution in [0.15, 0.2) is 24.3 Å². The molecule has 0 aliphatic heterocycles. The van der Waals surface area contributed by atoms with Gasteiger partial charge in [-0.05, 0) is 44.2 Å². The average molecular weight is 247 g/mol. The van der Waals surface area contributed by atoms with Gasteiger partial charge < -0.3 is 10.5 Å². The maximum absolute atomic E-state index is 6.19. The third-order valence-electron chi connectivity index (χ3n) is 3.96. The molecule has 3 atom stereocenters. The van der Waals surface area contributed by atoms with Crippen LogP contribution in [-0.4, -0.2) is 12.1 Å². The van der Waals surface area contributed by atoms with E-state index in [0.29, 0.717) is 0 Å². The summed E-state index contributed by atoms with van der Waals surface area (Å²) in [5, 5.41) is 0. The number of benzene rings is 1. The number of nitrogens with two attached hydrogens (primary N) is 1. The van der Waals surface area contributed by atoms with Crippen molar-refractivity contribution in [2.75, 3.05) is 0 Å². The summed E-state index contributed by atoms with van der Waals surface area (Å²) in [5.41, 5.74) is 7.45. The molecule has 100 valence electrons. The summed E-state index contributed by atoms with van der Waals surface area (Å²) in [7, 11) is 0. The number of aryl methyl sites for hydroxylation is 1. The number of ether oxygens (including phenoxy) is 1. The van der Waals surface area contributed by atoms with Gasteiger partial charge in [-0.2, -0.15) is 0 Å². The van der Waals surface area contributed by atoms with Gasteiger partial charge in [-0.25, -0.2) is 0 Å². The number of hydrogen-bond donors (Lipinski definition) is 1. The van der Waals surface area contributed by atoms with Gasteiger partial charge in [-0.3, -0.25) is 0 Å². The second kappa shape index (κ2) is 6.24. The SMILES string of the molecule is CCCC1CCC(N)C(Oc2ccc(C)cc2)C1. The minimum atomic E-state index is 0.193. The van der Waals surface area contributed by atoms with E-state index in [9.17, 15) is 0 Å². The third kappa shape index (κ3) is 3.49. The summed E-state index contributed by atoms with van der Waals surface area (Å²) < 4.78 is 6.07. The van der Waals surface area contributed by atoms with E-state index in [1.54, 1.807) is 0 Å². The van der Waals surface area contributed by atoms with Gasteiger partial charge in [0.05, 0.1) is 0 Å². The number of hydrogen-bond acceptors (Lipinski definition) is 2. The molecule has 3 unspecified atom stereocenters. The van der Waals surface area contributed by atoms with Crippen LogP contribution in [0.3, 0.4) is 0 Å². The molecule has 0 saturated heterocycles. The van der Waals surface area contributed by atoms with E-state index in [0.717, 1.165) is 24.5 Å². The fraction of sp³-hybridized carbons (Fsp3) is 0.625. The van der Waals surface area contributed by atoms with Crippen molar-refractivity contribution in [1.82, 2.24) is 0 Å². The summed E-state index contributed by atoms with van der Waals surface area (Å²) in [6, 6.07) is 8.47. The largest absolute Gasteiger partial charge is 0.489 e. The van der Waals surface area contributed by atoms with E-state index >= 15 is 0 Å². The molecule has 0 radical (unpaired) electrons. The predicted octanol–water partition coefficient (Wildman–Crippen LogP) is 3.67.